The number of piperidine rings is 1. The number of fused-ring (bicyclic) bond motifs is 2. The minimum atomic E-state index is 0.151. The third-order valence-corrected chi connectivity index (χ3v) is 7.83. The van der Waals surface area contributed by atoms with Crippen LogP contribution in [0.3, 0.4) is 0 Å². The van der Waals surface area contributed by atoms with Crippen molar-refractivity contribution in [1.82, 2.24) is 14.7 Å². The third-order valence-electron chi connectivity index (χ3n) is 7.83. The van der Waals surface area contributed by atoms with Crippen LogP contribution in [0.15, 0.2) is 61.2 Å². The molecule has 1 amide bonds. The largest absolute Gasteiger partial charge is 0.497 e. The molecule has 0 aliphatic carbocycles. The fourth-order valence-electron chi connectivity index (χ4n) is 6.21. The lowest BCUT2D eigenvalue weighted by atomic mass is 9.93. The lowest BCUT2D eigenvalue weighted by molar-refractivity contribution is 0.0499. The zero-order valence-corrected chi connectivity index (χ0v) is 20.4. The van der Waals surface area contributed by atoms with Gasteiger partial charge in [-0.3, -0.25) is 14.6 Å². The molecule has 5 nitrogen and oxygen atoms in total. The number of piperazine rings is 1. The van der Waals surface area contributed by atoms with E-state index >= 15 is 0 Å². The Balaban J connectivity index is 1.46. The molecule has 0 radical (unpaired) electrons. The Morgan fingerprint density at radius 3 is 2.38 bits per heavy atom. The van der Waals surface area contributed by atoms with Crippen LogP contribution in [0.1, 0.15) is 59.6 Å². The Morgan fingerprint density at radius 2 is 1.74 bits per heavy atom. The topological polar surface area (TPSA) is 36.0 Å². The highest BCUT2D eigenvalue weighted by Gasteiger charge is 2.44. The van der Waals surface area contributed by atoms with Gasteiger partial charge < -0.3 is 9.64 Å². The molecule has 0 aromatic heterocycles. The van der Waals surface area contributed by atoms with Crippen LogP contribution in [0, 0.1) is 0 Å². The summed E-state index contributed by atoms with van der Waals surface area (Å²) in [6, 6.07) is 18.1. The van der Waals surface area contributed by atoms with Crippen molar-refractivity contribution >= 4 is 5.91 Å². The molecule has 0 spiro atoms. The first-order chi connectivity index (χ1) is 16.7. The van der Waals surface area contributed by atoms with Crippen LogP contribution in [-0.2, 0) is 0 Å². The molecular weight excluding hydrogens is 422 g/mol. The van der Waals surface area contributed by atoms with E-state index in [0.29, 0.717) is 12.1 Å². The molecule has 5 heteroatoms. The number of rotatable bonds is 7. The van der Waals surface area contributed by atoms with Gasteiger partial charge in [0.05, 0.1) is 13.2 Å². The molecule has 0 saturated carbocycles. The van der Waals surface area contributed by atoms with Gasteiger partial charge in [0.1, 0.15) is 5.75 Å². The molecule has 3 saturated heterocycles. The Hall–Kier alpha value is -2.63. The number of amides is 1. The molecular formula is C29H37N3O2. The number of benzene rings is 2. The van der Waals surface area contributed by atoms with Crippen molar-refractivity contribution in [2.75, 3.05) is 39.8 Å². The molecule has 2 bridgehead atoms. The van der Waals surface area contributed by atoms with Crippen LogP contribution >= 0.6 is 0 Å². The van der Waals surface area contributed by atoms with Gasteiger partial charge >= 0.3 is 0 Å². The van der Waals surface area contributed by atoms with Crippen molar-refractivity contribution in [3.8, 4) is 5.75 Å². The maximum Gasteiger partial charge on any atom is 0.253 e. The monoisotopic (exact) mass is 459 g/mol. The summed E-state index contributed by atoms with van der Waals surface area (Å²) < 4.78 is 5.58. The zero-order chi connectivity index (χ0) is 23.5. The normalized spacial score (nSPS) is 24.1. The second kappa shape index (κ2) is 10.3. The zero-order valence-electron chi connectivity index (χ0n) is 20.4. The predicted molar refractivity (Wildman–Crippen MR) is 136 cm³/mol. The summed E-state index contributed by atoms with van der Waals surface area (Å²) in [5, 5.41) is 0. The molecule has 3 aliphatic heterocycles. The summed E-state index contributed by atoms with van der Waals surface area (Å²) in [6.07, 6.45) is 7.93. The molecule has 180 valence electrons. The summed E-state index contributed by atoms with van der Waals surface area (Å²) in [6.45, 7) is 8.82. The SMILES string of the molecule is C=CCN1CC2CCC(C1)N2C(c1ccc(C(=O)N2CCCCC2)cc1)c1cccc(OC)c1. The molecule has 0 N–H and O–H groups in total. The number of hydrogen-bond donors (Lipinski definition) is 0. The van der Waals surface area contributed by atoms with Crippen molar-refractivity contribution in [2.24, 2.45) is 0 Å². The minimum Gasteiger partial charge on any atom is -0.497 e. The van der Waals surface area contributed by atoms with Crippen LogP contribution < -0.4 is 4.74 Å². The second-order valence-corrected chi connectivity index (χ2v) is 9.99. The van der Waals surface area contributed by atoms with Gasteiger partial charge in [-0.2, -0.15) is 0 Å². The highest BCUT2D eigenvalue weighted by Crippen LogP contribution is 2.41. The first kappa shape index (κ1) is 23.1. The third kappa shape index (κ3) is 4.64. The van der Waals surface area contributed by atoms with Gasteiger partial charge in [0.15, 0.2) is 0 Å². The molecule has 2 aromatic carbocycles. The van der Waals surface area contributed by atoms with E-state index in [2.05, 4.69) is 46.7 Å². The van der Waals surface area contributed by atoms with Gasteiger partial charge in [0, 0.05) is 50.4 Å². The summed E-state index contributed by atoms with van der Waals surface area (Å²) in [7, 11) is 1.73. The van der Waals surface area contributed by atoms with Crippen LogP contribution in [0.2, 0.25) is 0 Å². The van der Waals surface area contributed by atoms with Gasteiger partial charge in [0.2, 0.25) is 0 Å². The van der Waals surface area contributed by atoms with Crippen molar-refractivity contribution in [3.63, 3.8) is 0 Å². The lowest BCUT2D eigenvalue weighted by Gasteiger charge is -2.45. The summed E-state index contributed by atoms with van der Waals surface area (Å²) in [5.41, 5.74) is 3.30. The summed E-state index contributed by atoms with van der Waals surface area (Å²) in [5.74, 6) is 1.05. The number of nitrogens with zero attached hydrogens (tertiary/aromatic N) is 3. The van der Waals surface area contributed by atoms with E-state index in [1.807, 2.05) is 29.2 Å². The van der Waals surface area contributed by atoms with Gasteiger partial charge in [-0.25, -0.2) is 0 Å². The minimum absolute atomic E-state index is 0.151. The summed E-state index contributed by atoms with van der Waals surface area (Å²) in [4.78, 5) is 20.3. The van der Waals surface area contributed by atoms with Gasteiger partial charge in [-0.15, -0.1) is 6.58 Å². The molecule has 3 heterocycles. The molecule has 34 heavy (non-hydrogen) atoms. The Kier molecular flexibility index (Phi) is 7.02. The van der Waals surface area contributed by atoms with Crippen LogP contribution in [0.5, 0.6) is 5.75 Å². The lowest BCUT2D eigenvalue weighted by Crippen LogP contribution is -2.54. The first-order valence-electron chi connectivity index (χ1n) is 12.8. The van der Waals surface area contributed by atoms with E-state index in [4.69, 9.17) is 4.74 Å². The Labute approximate surface area is 204 Å². The Bertz CT molecular complexity index is 985. The number of ether oxygens (including phenoxy) is 1. The van der Waals surface area contributed by atoms with Crippen molar-refractivity contribution in [2.45, 2.75) is 50.2 Å². The van der Waals surface area contributed by atoms with E-state index in [1.54, 1.807) is 7.11 Å². The quantitative estimate of drug-likeness (QED) is 0.560. The van der Waals surface area contributed by atoms with Crippen LogP contribution in [-0.4, -0.2) is 72.5 Å². The Morgan fingerprint density at radius 1 is 1.03 bits per heavy atom. The number of carbonyl (C=O) groups excluding carboxylic acids is 1. The number of likely N-dealkylation sites (tertiary alicyclic amines) is 2. The average Bonchev–Trinajstić information content (AvgIpc) is 3.13. The van der Waals surface area contributed by atoms with Crippen LogP contribution in [0.4, 0.5) is 0 Å². The fourth-order valence-corrected chi connectivity index (χ4v) is 6.21. The van der Waals surface area contributed by atoms with Crippen molar-refractivity contribution in [3.05, 3.63) is 77.9 Å². The van der Waals surface area contributed by atoms with Crippen molar-refractivity contribution in [1.29, 1.82) is 0 Å². The first-order valence-corrected chi connectivity index (χ1v) is 12.8. The van der Waals surface area contributed by atoms with Gasteiger partial charge in [0.25, 0.3) is 5.91 Å². The smallest absolute Gasteiger partial charge is 0.253 e. The molecule has 3 aliphatic rings. The van der Waals surface area contributed by atoms with E-state index in [-0.39, 0.29) is 11.9 Å². The molecule has 3 atom stereocenters. The maximum absolute atomic E-state index is 13.0. The molecule has 3 fully saturated rings. The van der Waals surface area contributed by atoms with Crippen LogP contribution in [0.25, 0.3) is 0 Å². The highest BCUT2D eigenvalue weighted by molar-refractivity contribution is 5.94. The van der Waals surface area contributed by atoms with E-state index in [0.717, 1.165) is 56.9 Å². The fraction of sp³-hybridized carbons (Fsp3) is 0.483. The number of hydrogen-bond acceptors (Lipinski definition) is 4. The second-order valence-electron chi connectivity index (χ2n) is 9.99. The van der Waals surface area contributed by atoms with Gasteiger partial charge in [-0.1, -0.05) is 30.3 Å². The average molecular weight is 460 g/mol. The van der Waals surface area contributed by atoms with E-state index in [9.17, 15) is 4.79 Å². The molecule has 5 rings (SSSR count). The predicted octanol–water partition coefficient (Wildman–Crippen LogP) is 4.75. The highest BCUT2D eigenvalue weighted by atomic mass is 16.5. The number of methoxy groups -OCH3 is 1. The van der Waals surface area contributed by atoms with Gasteiger partial charge in [-0.05, 0) is 67.5 Å². The molecule has 2 aromatic rings. The number of carbonyl (C=O) groups is 1. The van der Waals surface area contributed by atoms with E-state index < -0.39 is 0 Å². The standard InChI is InChI=1S/C29H37N3O2/c1-3-16-30-20-25-14-15-26(21-30)32(25)28(24-8-7-9-27(19-24)34-2)22-10-12-23(13-11-22)29(33)31-17-5-4-6-18-31/h3,7-13,19,25-26,28H,1,4-6,14-18,20-21H2,2H3. The molecule has 3 unspecified atom stereocenters. The maximum atomic E-state index is 13.0. The van der Waals surface area contributed by atoms with E-state index in [1.165, 1.54) is 30.4 Å². The van der Waals surface area contributed by atoms with Crippen molar-refractivity contribution < 1.29 is 9.53 Å². The summed E-state index contributed by atoms with van der Waals surface area (Å²) >= 11 is 0.